The van der Waals surface area contributed by atoms with E-state index in [0.29, 0.717) is 6.04 Å². The van der Waals surface area contributed by atoms with E-state index in [1.54, 1.807) is 0 Å². The molecule has 2 aromatic rings. The van der Waals surface area contributed by atoms with Crippen molar-refractivity contribution in [3.8, 4) is 0 Å². The molecule has 0 saturated carbocycles. The van der Waals surface area contributed by atoms with Gasteiger partial charge in [-0.2, -0.15) is 0 Å². The first kappa shape index (κ1) is 11.9. The molecule has 0 radical (unpaired) electrons. The van der Waals surface area contributed by atoms with Gasteiger partial charge in [0.15, 0.2) is 0 Å². The monoisotopic (exact) mass is 229 g/mol. The Morgan fingerprint density at radius 2 is 2.06 bits per heavy atom. The van der Waals surface area contributed by atoms with Crippen molar-refractivity contribution in [3.05, 3.63) is 54.1 Å². The van der Waals surface area contributed by atoms with Crippen LogP contribution in [0.25, 0.3) is 0 Å². The van der Waals surface area contributed by atoms with Crippen molar-refractivity contribution in [3.63, 3.8) is 0 Å². The van der Waals surface area contributed by atoms with Gasteiger partial charge in [0, 0.05) is 18.8 Å². The van der Waals surface area contributed by atoms with Crippen LogP contribution < -0.4 is 5.32 Å². The van der Waals surface area contributed by atoms with Crippen LogP contribution in [-0.2, 0) is 13.0 Å². The van der Waals surface area contributed by atoms with Crippen molar-refractivity contribution in [2.24, 2.45) is 0 Å². The lowest BCUT2D eigenvalue weighted by atomic mass is 10.1. The number of nitrogens with one attached hydrogen (secondary N) is 1. The normalized spacial score (nSPS) is 12.6. The summed E-state index contributed by atoms with van der Waals surface area (Å²) in [7, 11) is 1.96. The van der Waals surface area contributed by atoms with E-state index in [4.69, 9.17) is 0 Å². The summed E-state index contributed by atoms with van der Waals surface area (Å²) in [6, 6.07) is 11.0. The molecule has 0 amide bonds. The fourth-order valence-electron chi connectivity index (χ4n) is 2.10. The molecule has 0 spiro atoms. The van der Waals surface area contributed by atoms with Gasteiger partial charge in [0.25, 0.3) is 0 Å². The van der Waals surface area contributed by atoms with E-state index < -0.39 is 0 Å². The van der Waals surface area contributed by atoms with Crippen molar-refractivity contribution < 1.29 is 0 Å². The van der Waals surface area contributed by atoms with Gasteiger partial charge in [0.05, 0.1) is 12.0 Å². The van der Waals surface area contributed by atoms with Gasteiger partial charge in [0.1, 0.15) is 0 Å². The molecule has 1 aromatic carbocycles. The summed E-state index contributed by atoms with van der Waals surface area (Å²) in [5.41, 5.74) is 2.60. The van der Waals surface area contributed by atoms with Gasteiger partial charge >= 0.3 is 0 Å². The van der Waals surface area contributed by atoms with Gasteiger partial charge in [-0.15, -0.1) is 0 Å². The number of nitrogens with zero attached hydrogens (tertiary/aromatic N) is 2. The Labute approximate surface area is 103 Å². The summed E-state index contributed by atoms with van der Waals surface area (Å²) in [5.74, 6) is 0. The molecular formula is C14H19N3. The highest BCUT2D eigenvalue weighted by atomic mass is 15.1. The predicted octanol–water partition coefficient (Wildman–Crippen LogP) is 2.41. The molecule has 2 rings (SSSR count). The zero-order chi connectivity index (χ0) is 12.1. The van der Waals surface area contributed by atoms with Gasteiger partial charge in [-0.3, -0.25) is 0 Å². The molecule has 1 atom stereocenters. The predicted molar refractivity (Wildman–Crippen MR) is 69.8 cm³/mol. The molecule has 0 fully saturated rings. The zero-order valence-electron chi connectivity index (χ0n) is 10.4. The topological polar surface area (TPSA) is 29.9 Å². The van der Waals surface area contributed by atoms with E-state index in [0.717, 1.165) is 13.0 Å². The lowest BCUT2D eigenvalue weighted by Gasteiger charge is -2.16. The second-order valence-corrected chi connectivity index (χ2v) is 4.36. The van der Waals surface area contributed by atoms with Crippen LogP contribution >= 0.6 is 0 Å². The quantitative estimate of drug-likeness (QED) is 0.853. The van der Waals surface area contributed by atoms with Gasteiger partial charge in [-0.1, -0.05) is 30.3 Å². The maximum absolute atomic E-state index is 4.23. The second kappa shape index (κ2) is 5.64. The second-order valence-electron chi connectivity index (χ2n) is 4.36. The van der Waals surface area contributed by atoms with E-state index in [1.165, 1.54) is 11.3 Å². The number of imidazole rings is 1. The van der Waals surface area contributed by atoms with E-state index in [-0.39, 0.29) is 0 Å². The fourth-order valence-corrected chi connectivity index (χ4v) is 2.10. The van der Waals surface area contributed by atoms with Crippen LogP contribution in [0.2, 0.25) is 0 Å². The first-order chi connectivity index (χ1) is 8.31. The van der Waals surface area contributed by atoms with Crippen molar-refractivity contribution in [1.82, 2.24) is 14.9 Å². The van der Waals surface area contributed by atoms with Crippen LogP contribution in [-0.4, -0.2) is 16.6 Å². The van der Waals surface area contributed by atoms with Crippen LogP contribution in [0.5, 0.6) is 0 Å². The molecule has 3 heteroatoms. The molecule has 17 heavy (non-hydrogen) atoms. The van der Waals surface area contributed by atoms with Crippen LogP contribution in [0.1, 0.15) is 24.2 Å². The Balaban J connectivity index is 2.09. The van der Waals surface area contributed by atoms with Crippen molar-refractivity contribution in [1.29, 1.82) is 0 Å². The van der Waals surface area contributed by atoms with Crippen molar-refractivity contribution in [2.45, 2.75) is 25.9 Å². The summed E-state index contributed by atoms with van der Waals surface area (Å²) >= 11 is 0. The van der Waals surface area contributed by atoms with Gasteiger partial charge in [-0.25, -0.2) is 4.98 Å². The van der Waals surface area contributed by atoms with Crippen LogP contribution in [0.15, 0.2) is 42.9 Å². The van der Waals surface area contributed by atoms with Crippen LogP contribution in [0.4, 0.5) is 0 Å². The third kappa shape index (κ3) is 2.94. The maximum Gasteiger partial charge on any atom is 0.0951 e. The highest BCUT2D eigenvalue weighted by molar-refractivity contribution is 5.16. The number of rotatable bonds is 5. The van der Waals surface area contributed by atoms with E-state index in [9.17, 15) is 0 Å². The molecule has 0 aliphatic carbocycles. The molecule has 0 aliphatic rings. The Bertz CT molecular complexity index is 448. The number of aromatic nitrogens is 2. The largest absolute Gasteiger partial charge is 0.330 e. The molecule has 1 heterocycles. The minimum absolute atomic E-state index is 0.434. The molecule has 1 aromatic heterocycles. The van der Waals surface area contributed by atoms with E-state index in [2.05, 4.69) is 52.1 Å². The summed E-state index contributed by atoms with van der Waals surface area (Å²) in [6.45, 7) is 3.09. The minimum Gasteiger partial charge on any atom is -0.330 e. The number of benzene rings is 1. The van der Waals surface area contributed by atoms with E-state index in [1.807, 2.05) is 19.6 Å². The number of hydrogen-bond acceptors (Lipinski definition) is 2. The average Bonchev–Trinajstić information content (AvgIpc) is 2.79. The third-order valence-electron chi connectivity index (χ3n) is 2.95. The lowest BCUT2D eigenvalue weighted by molar-refractivity contribution is 0.517. The fraction of sp³-hybridized carbons (Fsp3) is 0.357. The average molecular weight is 229 g/mol. The Morgan fingerprint density at radius 1 is 1.29 bits per heavy atom. The third-order valence-corrected chi connectivity index (χ3v) is 2.95. The molecule has 3 nitrogen and oxygen atoms in total. The van der Waals surface area contributed by atoms with Crippen molar-refractivity contribution >= 4 is 0 Å². The van der Waals surface area contributed by atoms with Gasteiger partial charge in [0.2, 0.25) is 0 Å². The molecule has 90 valence electrons. The molecule has 1 N–H and O–H groups in total. The summed E-state index contributed by atoms with van der Waals surface area (Å²) in [5, 5.41) is 3.17. The van der Waals surface area contributed by atoms with Gasteiger partial charge in [-0.05, 0) is 26.0 Å². The molecule has 0 aliphatic heterocycles. The molecule has 1 unspecified atom stereocenters. The zero-order valence-corrected chi connectivity index (χ0v) is 10.4. The smallest absolute Gasteiger partial charge is 0.0951 e. The van der Waals surface area contributed by atoms with Crippen molar-refractivity contribution in [2.75, 3.05) is 7.05 Å². The first-order valence-corrected chi connectivity index (χ1v) is 6.00. The Kier molecular flexibility index (Phi) is 3.94. The molecular weight excluding hydrogens is 210 g/mol. The van der Waals surface area contributed by atoms with Crippen LogP contribution in [0, 0.1) is 0 Å². The maximum atomic E-state index is 4.23. The Hall–Kier alpha value is -1.61. The molecule has 0 saturated heterocycles. The van der Waals surface area contributed by atoms with Gasteiger partial charge < -0.3 is 9.88 Å². The highest BCUT2D eigenvalue weighted by Gasteiger charge is 2.09. The van der Waals surface area contributed by atoms with Crippen LogP contribution in [0.3, 0.4) is 0 Å². The highest BCUT2D eigenvalue weighted by Crippen LogP contribution is 2.15. The summed E-state index contributed by atoms with van der Waals surface area (Å²) in [4.78, 5) is 4.23. The minimum atomic E-state index is 0.434. The first-order valence-electron chi connectivity index (χ1n) is 6.00. The Morgan fingerprint density at radius 3 is 2.76 bits per heavy atom. The summed E-state index contributed by atoms with van der Waals surface area (Å²) < 4.78 is 2.24. The summed E-state index contributed by atoms with van der Waals surface area (Å²) in [6.07, 6.45) is 4.88. The standard InChI is InChI=1S/C14H19N3/c1-12(8-13-6-4-3-5-7-13)17-11-16-10-14(17)9-15-2/h3-7,10-12,15H,8-9H2,1-2H3. The SMILES string of the molecule is CNCc1cncn1C(C)Cc1ccccc1. The molecule has 0 bridgehead atoms. The van der Waals surface area contributed by atoms with E-state index >= 15 is 0 Å². The number of hydrogen-bond donors (Lipinski definition) is 1. The lowest BCUT2D eigenvalue weighted by Crippen LogP contribution is -2.15.